The van der Waals surface area contributed by atoms with Crippen molar-refractivity contribution in [1.82, 2.24) is 15.0 Å². The van der Waals surface area contributed by atoms with Crippen LogP contribution in [0.1, 0.15) is 16.8 Å². The molecule has 0 saturated heterocycles. The van der Waals surface area contributed by atoms with Crippen LogP contribution < -0.4 is 15.0 Å². The summed E-state index contributed by atoms with van der Waals surface area (Å²) in [6, 6.07) is 7.99. The standard InChI is InChI=1S/C22H19ClF3N5O3/c1-33-18(32)12-34-21-29-17-11-31(20-16(23)3-2-9-27-20)10-8-15(17)19(30-21)28-14-6-4-13(5-7-14)22(24,25)26/h2-7,9H,8,10-12H2,1H3,(H,28,29,30). The maximum Gasteiger partial charge on any atom is 0.416 e. The number of aromatic nitrogens is 3. The topological polar surface area (TPSA) is 89.5 Å². The van der Waals surface area contributed by atoms with Gasteiger partial charge in [-0.25, -0.2) is 9.78 Å². The van der Waals surface area contributed by atoms with Crippen molar-refractivity contribution in [3.63, 3.8) is 0 Å². The third kappa shape index (κ3) is 5.30. The largest absolute Gasteiger partial charge is 0.466 e. The van der Waals surface area contributed by atoms with E-state index >= 15 is 0 Å². The number of alkyl halides is 3. The SMILES string of the molecule is COC(=O)COc1nc2c(c(Nc3ccc(C(F)(F)F)cc3)n1)CCN(c1ncccc1Cl)C2. The van der Waals surface area contributed by atoms with E-state index in [1.165, 1.54) is 19.2 Å². The maximum absolute atomic E-state index is 12.9. The van der Waals surface area contributed by atoms with E-state index in [1.807, 2.05) is 4.90 Å². The molecule has 0 fully saturated rings. The molecule has 1 aromatic carbocycles. The predicted molar refractivity (Wildman–Crippen MR) is 118 cm³/mol. The van der Waals surface area contributed by atoms with Gasteiger partial charge in [-0.1, -0.05) is 11.6 Å². The van der Waals surface area contributed by atoms with Gasteiger partial charge in [0, 0.05) is 24.0 Å². The van der Waals surface area contributed by atoms with Crippen molar-refractivity contribution in [1.29, 1.82) is 0 Å². The van der Waals surface area contributed by atoms with Crippen molar-refractivity contribution in [2.75, 3.05) is 30.5 Å². The normalized spacial score (nSPS) is 13.3. The number of fused-ring (bicyclic) bond motifs is 1. The second-order valence-corrected chi connectivity index (χ2v) is 7.73. The Labute approximate surface area is 197 Å². The lowest BCUT2D eigenvalue weighted by atomic mass is 10.1. The van der Waals surface area contributed by atoms with Crippen molar-refractivity contribution in [2.45, 2.75) is 19.1 Å². The monoisotopic (exact) mass is 493 g/mol. The third-order valence-corrected chi connectivity index (χ3v) is 5.40. The van der Waals surface area contributed by atoms with E-state index in [0.717, 1.165) is 17.7 Å². The zero-order valence-electron chi connectivity index (χ0n) is 17.9. The van der Waals surface area contributed by atoms with Gasteiger partial charge in [-0.3, -0.25) is 0 Å². The van der Waals surface area contributed by atoms with E-state index in [2.05, 4.69) is 25.0 Å². The first-order valence-electron chi connectivity index (χ1n) is 10.1. The van der Waals surface area contributed by atoms with Crippen LogP contribution in [-0.2, 0) is 28.7 Å². The summed E-state index contributed by atoms with van der Waals surface area (Å²) in [7, 11) is 1.23. The number of halogens is 4. The van der Waals surface area contributed by atoms with Crippen molar-refractivity contribution in [2.24, 2.45) is 0 Å². The molecule has 178 valence electrons. The van der Waals surface area contributed by atoms with Crippen molar-refractivity contribution < 1.29 is 27.4 Å². The molecule has 1 N–H and O–H groups in total. The summed E-state index contributed by atoms with van der Waals surface area (Å²) in [6.07, 6.45) is -2.28. The summed E-state index contributed by atoms with van der Waals surface area (Å²) in [4.78, 5) is 26.6. The minimum absolute atomic E-state index is 0.0764. The number of carbonyl (C=O) groups is 1. The molecule has 0 atom stereocenters. The van der Waals surface area contributed by atoms with Crippen LogP contribution in [0.5, 0.6) is 6.01 Å². The number of benzene rings is 1. The van der Waals surface area contributed by atoms with E-state index < -0.39 is 24.3 Å². The molecule has 0 saturated carbocycles. The lowest BCUT2D eigenvalue weighted by Crippen LogP contribution is -2.33. The number of pyridine rings is 1. The number of nitrogens with one attached hydrogen (secondary N) is 1. The molecule has 12 heteroatoms. The number of nitrogens with zero attached hydrogens (tertiary/aromatic N) is 4. The van der Waals surface area contributed by atoms with Gasteiger partial charge < -0.3 is 19.7 Å². The zero-order valence-corrected chi connectivity index (χ0v) is 18.7. The molecule has 0 amide bonds. The number of methoxy groups -OCH3 is 1. The molecule has 0 radical (unpaired) electrons. The molecule has 3 aromatic rings. The fourth-order valence-corrected chi connectivity index (χ4v) is 3.67. The highest BCUT2D eigenvalue weighted by Crippen LogP contribution is 2.33. The molecule has 0 unspecified atom stereocenters. The van der Waals surface area contributed by atoms with E-state index in [1.54, 1.807) is 18.3 Å². The highest BCUT2D eigenvalue weighted by atomic mass is 35.5. The van der Waals surface area contributed by atoms with Crippen LogP contribution in [-0.4, -0.2) is 41.2 Å². The molecule has 8 nitrogen and oxygen atoms in total. The molecule has 1 aliphatic rings. The quantitative estimate of drug-likeness (QED) is 0.505. The van der Waals surface area contributed by atoms with E-state index in [-0.39, 0.29) is 6.01 Å². The van der Waals surface area contributed by atoms with Gasteiger partial charge in [-0.05, 0) is 42.8 Å². The summed E-state index contributed by atoms with van der Waals surface area (Å²) in [5, 5.41) is 3.53. The van der Waals surface area contributed by atoms with Crippen LogP contribution >= 0.6 is 11.6 Å². The number of ether oxygens (including phenoxy) is 2. The Morgan fingerprint density at radius 2 is 1.97 bits per heavy atom. The molecule has 0 spiro atoms. The highest BCUT2D eigenvalue weighted by Gasteiger charge is 2.30. The molecule has 34 heavy (non-hydrogen) atoms. The fourth-order valence-electron chi connectivity index (χ4n) is 3.43. The van der Waals surface area contributed by atoms with Crippen molar-refractivity contribution >= 4 is 34.9 Å². The number of hydrogen-bond acceptors (Lipinski definition) is 8. The van der Waals surface area contributed by atoms with Crippen LogP contribution in [0.2, 0.25) is 5.02 Å². The first-order valence-corrected chi connectivity index (χ1v) is 10.5. The second kappa shape index (κ2) is 9.72. The fraction of sp³-hybridized carbons (Fsp3) is 0.273. The smallest absolute Gasteiger partial charge is 0.416 e. The van der Waals surface area contributed by atoms with Gasteiger partial charge in [0.25, 0.3) is 0 Å². The predicted octanol–water partition coefficient (Wildman–Crippen LogP) is 4.40. The first kappa shape index (κ1) is 23.6. The van der Waals surface area contributed by atoms with E-state index in [0.29, 0.717) is 47.6 Å². The third-order valence-electron chi connectivity index (χ3n) is 5.10. The Morgan fingerprint density at radius 1 is 1.21 bits per heavy atom. The number of rotatable bonds is 6. The lowest BCUT2D eigenvalue weighted by Gasteiger charge is -2.30. The Kier molecular flexibility index (Phi) is 6.73. The Morgan fingerprint density at radius 3 is 2.65 bits per heavy atom. The van der Waals surface area contributed by atoms with E-state index in [4.69, 9.17) is 16.3 Å². The van der Waals surface area contributed by atoms with Crippen LogP contribution in [0.4, 0.5) is 30.5 Å². The Balaban J connectivity index is 1.65. The van der Waals surface area contributed by atoms with Gasteiger partial charge in [0.2, 0.25) is 0 Å². The van der Waals surface area contributed by atoms with Gasteiger partial charge in [0.15, 0.2) is 6.61 Å². The van der Waals surface area contributed by atoms with Crippen molar-refractivity contribution in [3.8, 4) is 6.01 Å². The molecular weight excluding hydrogens is 475 g/mol. The summed E-state index contributed by atoms with van der Waals surface area (Å²) < 4.78 is 48.6. The molecule has 4 rings (SSSR count). The van der Waals surface area contributed by atoms with Gasteiger partial charge in [0.05, 0.1) is 29.9 Å². The van der Waals surface area contributed by atoms with Gasteiger partial charge in [-0.2, -0.15) is 23.1 Å². The number of carbonyl (C=O) groups excluding carboxylic acids is 1. The summed E-state index contributed by atoms with van der Waals surface area (Å²) in [5.74, 6) is 0.361. The molecule has 0 bridgehead atoms. The maximum atomic E-state index is 12.9. The van der Waals surface area contributed by atoms with Gasteiger partial charge in [0.1, 0.15) is 11.6 Å². The second-order valence-electron chi connectivity index (χ2n) is 7.33. The van der Waals surface area contributed by atoms with Gasteiger partial charge in [-0.15, -0.1) is 0 Å². The van der Waals surface area contributed by atoms with E-state index in [9.17, 15) is 18.0 Å². The van der Waals surface area contributed by atoms with Crippen molar-refractivity contribution in [3.05, 3.63) is 64.4 Å². The Hall–Kier alpha value is -3.60. The molecule has 2 aromatic heterocycles. The number of hydrogen-bond donors (Lipinski definition) is 1. The first-order chi connectivity index (χ1) is 16.2. The zero-order chi connectivity index (χ0) is 24.3. The van der Waals surface area contributed by atoms with Crippen LogP contribution in [0, 0.1) is 0 Å². The van der Waals surface area contributed by atoms with Gasteiger partial charge >= 0.3 is 18.2 Å². The molecule has 1 aliphatic heterocycles. The summed E-state index contributed by atoms with van der Waals surface area (Å²) >= 11 is 6.29. The summed E-state index contributed by atoms with van der Waals surface area (Å²) in [5.41, 5.74) is 1.03. The van der Waals surface area contributed by atoms with Crippen LogP contribution in [0.25, 0.3) is 0 Å². The average molecular weight is 494 g/mol. The lowest BCUT2D eigenvalue weighted by molar-refractivity contribution is -0.143. The number of anilines is 3. The Bertz CT molecular complexity index is 1190. The number of esters is 1. The molecule has 3 heterocycles. The highest BCUT2D eigenvalue weighted by molar-refractivity contribution is 6.32. The minimum atomic E-state index is -4.43. The summed E-state index contributed by atoms with van der Waals surface area (Å²) in [6.45, 7) is 0.507. The van der Waals surface area contributed by atoms with Crippen LogP contribution in [0.15, 0.2) is 42.6 Å². The molecular formula is C22H19ClF3N5O3. The molecule has 0 aliphatic carbocycles. The average Bonchev–Trinajstić information content (AvgIpc) is 2.82. The van der Waals surface area contributed by atoms with Crippen LogP contribution in [0.3, 0.4) is 0 Å². The minimum Gasteiger partial charge on any atom is -0.466 e.